The molecule has 0 radical (unpaired) electrons. The molecule has 2 aliphatic carbocycles. The lowest BCUT2D eigenvalue weighted by Gasteiger charge is -2.51. The molecule has 1 saturated carbocycles. The average Bonchev–Trinajstić information content (AvgIpc) is 2.89. The number of hydrogen-bond donors (Lipinski definition) is 2. The molecule has 2 spiro atoms. The maximum absolute atomic E-state index is 6.52. The molecule has 1 aromatic carbocycles. The molecular weight excluding hydrogens is 356 g/mol. The number of hydrogen-bond acceptors (Lipinski definition) is 3. The fraction of sp³-hybridized carbons (Fsp3) is 0.682. The Balaban J connectivity index is 1.71. The Morgan fingerprint density at radius 1 is 1.30 bits per heavy atom. The van der Waals surface area contributed by atoms with E-state index in [-0.39, 0.29) is 5.41 Å². The van der Waals surface area contributed by atoms with Crippen LogP contribution in [0, 0.1) is 11.3 Å². The van der Waals surface area contributed by atoms with Crippen LogP contribution in [0.2, 0.25) is 0 Å². The normalized spacial score (nSPS) is 32.6. The van der Waals surface area contributed by atoms with Crippen LogP contribution < -0.4 is 10.6 Å². The third-order valence-corrected chi connectivity index (χ3v) is 7.12. The van der Waals surface area contributed by atoms with Crippen molar-refractivity contribution in [3.63, 3.8) is 0 Å². The van der Waals surface area contributed by atoms with Gasteiger partial charge in [-0.3, -0.25) is 0 Å². The first-order chi connectivity index (χ1) is 13.0. The van der Waals surface area contributed by atoms with Gasteiger partial charge < -0.3 is 20.1 Å². The summed E-state index contributed by atoms with van der Waals surface area (Å²) in [7, 11) is 1.83. The van der Waals surface area contributed by atoms with Crippen LogP contribution in [-0.2, 0) is 28.0 Å². The van der Waals surface area contributed by atoms with Crippen LogP contribution in [0.15, 0.2) is 18.2 Å². The number of aryl methyl sites for hydroxylation is 1. The Morgan fingerprint density at radius 2 is 2.07 bits per heavy atom. The first kappa shape index (κ1) is 19.2. The van der Waals surface area contributed by atoms with Gasteiger partial charge in [-0.05, 0) is 74.2 Å². The van der Waals surface area contributed by atoms with Gasteiger partial charge in [0.25, 0.3) is 0 Å². The van der Waals surface area contributed by atoms with Gasteiger partial charge in [-0.15, -0.1) is 0 Å². The van der Waals surface area contributed by atoms with Crippen LogP contribution in [0.25, 0.3) is 0 Å². The van der Waals surface area contributed by atoms with Crippen molar-refractivity contribution < 1.29 is 9.47 Å². The van der Waals surface area contributed by atoms with Crippen molar-refractivity contribution in [1.82, 2.24) is 10.6 Å². The van der Waals surface area contributed by atoms with Gasteiger partial charge in [0.15, 0.2) is 10.8 Å². The van der Waals surface area contributed by atoms with E-state index in [1.807, 2.05) is 7.11 Å². The van der Waals surface area contributed by atoms with Crippen molar-refractivity contribution in [3.05, 3.63) is 34.9 Å². The second-order valence-electron chi connectivity index (χ2n) is 8.92. The smallest absolute Gasteiger partial charge is 0.175 e. The lowest BCUT2D eigenvalue weighted by atomic mass is 9.66. The molecule has 4 rings (SSSR count). The lowest BCUT2D eigenvalue weighted by molar-refractivity contribution is -0.177. The van der Waals surface area contributed by atoms with Crippen molar-refractivity contribution in [2.24, 2.45) is 11.3 Å². The largest absolute Gasteiger partial charge is 0.381 e. The van der Waals surface area contributed by atoms with Crippen LogP contribution in [0.1, 0.15) is 62.6 Å². The molecule has 0 bridgehead atoms. The highest BCUT2D eigenvalue weighted by Gasteiger charge is 2.61. The van der Waals surface area contributed by atoms with E-state index in [9.17, 15) is 0 Å². The van der Waals surface area contributed by atoms with Crippen molar-refractivity contribution in [2.45, 2.75) is 70.6 Å². The number of benzene rings is 1. The van der Waals surface area contributed by atoms with Gasteiger partial charge in [-0.2, -0.15) is 0 Å². The molecule has 27 heavy (non-hydrogen) atoms. The third kappa shape index (κ3) is 3.28. The first-order valence-corrected chi connectivity index (χ1v) is 10.7. The Bertz CT molecular complexity index is 712. The molecule has 4 nitrogen and oxygen atoms in total. The quantitative estimate of drug-likeness (QED) is 0.763. The summed E-state index contributed by atoms with van der Waals surface area (Å²) in [5.74, 6) is 0.712. The molecule has 2 N–H and O–H groups in total. The summed E-state index contributed by atoms with van der Waals surface area (Å²) in [4.78, 5) is 0. The molecule has 1 unspecified atom stereocenters. The standard InChI is InChI=1S/C22H32N2O2S/c1-15(2)4-5-16-6-7-17-13-21(10-8-18(25-3)9-11-21)22(19(17)12-16)24-20(27)23-14-26-22/h6-7,12,15,18H,4-5,8-11,13-14H2,1-3H3,(H2,23,24,27)/t18-,21-,22?. The van der Waals surface area contributed by atoms with E-state index in [2.05, 4.69) is 42.7 Å². The summed E-state index contributed by atoms with van der Waals surface area (Å²) >= 11 is 5.53. The molecule has 0 amide bonds. The number of thiocarbonyl (C=S) groups is 1. The predicted molar refractivity (Wildman–Crippen MR) is 112 cm³/mol. The fourth-order valence-corrected chi connectivity index (χ4v) is 5.48. The van der Waals surface area contributed by atoms with E-state index in [0.29, 0.717) is 23.9 Å². The minimum atomic E-state index is -0.503. The van der Waals surface area contributed by atoms with E-state index >= 15 is 0 Å². The van der Waals surface area contributed by atoms with Crippen LogP contribution in [0.5, 0.6) is 0 Å². The second kappa shape index (κ2) is 7.34. The van der Waals surface area contributed by atoms with E-state index in [1.165, 1.54) is 23.1 Å². The van der Waals surface area contributed by atoms with Crippen LogP contribution in [0.4, 0.5) is 0 Å². The fourth-order valence-electron chi connectivity index (χ4n) is 5.28. The summed E-state index contributed by atoms with van der Waals surface area (Å²) in [6.45, 7) is 5.04. The SMILES string of the molecule is CO[C@H]1CC[C@]2(CC1)Cc1ccc(CCC(C)C)cc1C21NC(=S)NCO1. The summed E-state index contributed by atoms with van der Waals surface area (Å²) < 4.78 is 12.2. The zero-order valence-electron chi connectivity index (χ0n) is 16.8. The average molecular weight is 389 g/mol. The summed E-state index contributed by atoms with van der Waals surface area (Å²) in [6, 6.07) is 7.03. The number of fused-ring (bicyclic) bond motifs is 3. The summed E-state index contributed by atoms with van der Waals surface area (Å²) in [5, 5.41) is 7.43. The zero-order valence-corrected chi connectivity index (χ0v) is 17.6. The molecule has 1 heterocycles. The molecule has 5 heteroatoms. The lowest BCUT2D eigenvalue weighted by Crippen LogP contribution is -2.64. The van der Waals surface area contributed by atoms with E-state index in [4.69, 9.17) is 21.7 Å². The maximum atomic E-state index is 6.52. The van der Waals surface area contributed by atoms with Crippen LogP contribution >= 0.6 is 12.2 Å². The molecular formula is C22H32N2O2S. The van der Waals surface area contributed by atoms with E-state index in [1.54, 1.807) is 0 Å². The van der Waals surface area contributed by atoms with Crippen LogP contribution in [-0.4, -0.2) is 25.1 Å². The summed E-state index contributed by atoms with van der Waals surface area (Å²) in [6.07, 6.45) is 8.10. The Labute approximate surface area is 168 Å². The molecule has 1 aromatic rings. The van der Waals surface area contributed by atoms with E-state index in [0.717, 1.165) is 38.5 Å². The Hall–Kier alpha value is -1.17. The van der Waals surface area contributed by atoms with Gasteiger partial charge >= 0.3 is 0 Å². The van der Waals surface area contributed by atoms with Gasteiger partial charge in [0, 0.05) is 18.1 Å². The summed E-state index contributed by atoms with van der Waals surface area (Å²) in [5.41, 5.74) is 3.67. The molecule has 1 atom stereocenters. The highest BCUT2D eigenvalue weighted by atomic mass is 32.1. The number of rotatable bonds is 4. The molecule has 3 aliphatic rings. The topological polar surface area (TPSA) is 42.5 Å². The second-order valence-corrected chi connectivity index (χ2v) is 9.33. The third-order valence-electron chi connectivity index (χ3n) is 6.87. The number of ether oxygens (including phenoxy) is 2. The van der Waals surface area contributed by atoms with Crippen molar-refractivity contribution >= 4 is 17.3 Å². The molecule has 1 aliphatic heterocycles. The zero-order chi connectivity index (χ0) is 19.1. The van der Waals surface area contributed by atoms with Gasteiger partial charge in [0.1, 0.15) is 6.73 Å². The Kier molecular flexibility index (Phi) is 5.21. The highest BCUT2D eigenvalue weighted by Crippen LogP contribution is 2.58. The molecule has 0 aromatic heterocycles. The van der Waals surface area contributed by atoms with Gasteiger partial charge in [-0.25, -0.2) is 0 Å². The maximum Gasteiger partial charge on any atom is 0.175 e. The first-order valence-electron chi connectivity index (χ1n) is 10.3. The van der Waals surface area contributed by atoms with Crippen molar-refractivity contribution in [2.75, 3.05) is 13.8 Å². The molecule has 2 fully saturated rings. The monoisotopic (exact) mass is 388 g/mol. The van der Waals surface area contributed by atoms with Gasteiger partial charge in [-0.1, -0.05) is 32.0 Å². The minimum absolute atomic E-state index is 0.0488. The minimum Gasteiger partial charge on any atom is -0.381 e. The molecule has 148 valence electrons. The van der Waals surface area contributed by atoms with Crippen LogP contribution in [0.3, 0.4) is 0 Å². The Morgan fingerprint density at radius 3 is 2.74 bits per heavy atom. The van der Waals surface area contributed by atoms with Gasteiger partial charge in [0.05, 0.1) is 6.10 Å². The van der Waals surface area contributed by atoms with Crippen molar-refractivity contribution in [3.8, 4) is 0 Å². The number of nitrogens with one attached hydrogen (secondary N) is 2. The van der Waals surface area contributed by atoms with Crippen molar-refractivity contribution in [1.29, 1.82) is 0 Å². The van der Waals surface area contributed by atoms with Gasteiger partial charge in [0.2, 0.25) is 0 Å². The van der Waals surface area contributed by atoms with E-state index < -0.39 is 5.72 Å². The molecule has 1 saturated heterocycles. The highest BCUT2D eigenvalue weighted by molar-refractivity contribution is 7.80. The number of methoxy groups -OCH3 is 1. The predicted octanol–water partition coefficient (Wildman–Crippen LogP) is 4.01.